The molecule has 3 N–H and O–H groups in total. The average molecular weight is 312 g/mol. The van der Waals surface area contributed by atoms with Crippen molar-refractivity contribution < 1.29 is 9.59 Å². The maximum atomic E-state index is 12.1. The number of benzene rings is 1. The highest BCUT2D eigenvalue weighted by Gasteiger charge is 2.09. The van der Waals surface area contributed by atoms with Gasteiger partial charge in [-0.2, -0.15) is 0 Å². The molecular weight excluding hydrogens is 296 g/mol. The van der Waals surface area contributed by atoms with Gasteiger partial charge in [0.15, 0.2) is 5.82 Å². The number of amides is 2. The van der Waals surface area contributed by atoms with Gasteiger partial charge < -0.3 is 15.6 Å². The number of carbonyl (C=O) groups excluding carboxylic acids is 2. The molecule has 0 radical (unpaired) electrons. The molecule has 0 aliphatic rings. The summed E-state index contributed by atoms with van der Waals surface area (Å²) >= 11 is 0. The number of fused-ring (bicyclic) bond motifs is 1. The summed E-state index contributed by atoms with van der Waals surface area (Å²) in [6, 6.07) is 7.54. The molecule has 0 unspecified atom stereocenters. The highest BCUT2D eigenvalue weighted by molar-refractivity contribution is 6.01. The molecule has 118 valence electrons. The molecule has 0 fully saturated rings. The van der Waals surface area contributed by atoms with Crippen molar-refractivity contribution in [2.75, 3.05) is 10.6 Å². The zero-order valence-corrected chi connectivity index (χ0v) is 12.5. The maximum Gasteiger partial charge on any atom is 0.246 e. The summed E-state index contributed by atoms with van der Waals surface area (Å²) in [5, 5.41) is 14.0. The van der Waals surface area contributed by atoms with Gasteiger partial charge in [-0.15, -0.1) is 5.10 Å². The topological polar surface area (TPSA) is 105 Å². The summed E-state index contributed by atoms with van der Waals surface area (Å²) in [5.74, 6) is -0.0463. The van der Waals surface area contributed by atoms with E-state index in [0.29, 0.717) is 12.2 Å². The van der Waals surface area contributed by atoms with Crippen LogP contribution in [0.1, 0.15) is 13.3 Å². The van der Waals surface area contributed by atoms with Crippen molar-refractivity contribution in [1.82, 2.24) is 20.0 Å². The van der Waals surface area contributed by atoms with Gasteiger partial charge in [-0.25, -0.2) is 4.68 Å². The van der Waals surface area contributed by atoms with Gasteiger partial charge in [-0.05, 0) is 18.2 Å². The van der Waals surface area contributed by atoms with E-state index in [9.17, 15) is 9.59 Å². The Morgan fingerprint density at radius 1 is 1.22 bits per heavy atom. The Morgan fingerprint density at radius 2 is 2.09 bits per heavy atom. The summed E-state index contributed by atoms with van der Waals surface area (Å²) in [6.45, 7) is 1.75. The summed E-state index contributed by atoms with van der Waals surface area (Å²) in [7, 11) is 0. The zero-order chi connectivity index (χ0) is 16.2. The summed E-state index contributed by atoms with van der Waals surface area (Å²) < 4.78 is 1.37. The van der Waals surface area contributed by atoms with Crippen LogP contribution in [-0.2, 0) is 16.1 Å². The Balaban J connectivity index is 1.65. The molecule has 0 spiro atoms. The van der Waals surface area contributed by atoms with Crippen LogP contribution >= 0.6 is 0 Å². The van der Waals surface area contributed by atoms with E-state index in [1.165, 1.54) is 10.9 Å². The number of aromatic amines is 1. The van der Waals surface area contributed by atoms with Gasteiger partial charge in [0.25, 0.3) is 0 Å². The van der Waals surface area contributed by atoms with Crippen molar-refractivity contribution in [3.05, 3.63) is 36.7 Å². The second-order valence-electron chi connectivity index (χ2n) is 5.00. The van der Waals surface area contributed by atoms with Gasteiger partial charge in [0.2, 0.25) is 11.8 Å². The fourth-order valence-electron chi connectivity index (χ4n) is 2.20. The monoisotopic (exact) mass is 312 g/mol. The second-order valence-corrected chi connectivity index (χ2v) is 5.00. The van der Waals surface area contributed by atoms with Crippen molar-refractivity contribution >= 4 is 34.2 Å². The molecule has 0 saturated heterocycles. The highest BCUT2D eigenvalue weighted by atomic mass is 16.2. The molecule has 0 saturated carbocycles. The van der Waals surface area contributed by atoms with Crippen LogP contribution in [-0.4, -0.2) is 31.8 Å². The van der Waals surface area contributed by atoms with E-state index in [-0.39, 0.29) is 18.4 Å². The normalized spacial score (nSPS) is 10.7. The third-order valence-electron chi connectivity index (χ3n) is 3.30. The SMILES string of the molecule is CCC(=O)Nc1cn(CC(=O)Nc2cccc3[nH]ccc23)nn1. The second kappa shape index (κ2) is 6.30. The van der Waals surface area contributed by atoms with Crippen molar-refractivity contribution in [3.63, 3.8) is 0 Å². The fourth-order valence-corrected chi connectivity index (χ4v) is 2.20. The minimum atomic E-state index is -0.225. The quantitative estimate of drug-likeness (QED) is 0.667. The molecule has 8 nitrogen and oxygen atoms in total. The molecule has 3 rings (SSSR count). The van der Waals surface area contributed by atoms with E-state index in [4.69, 9.17) is 0 Å². The summed E-state index contributed by atoms with van der Waals surface area (Å²) in [6.07, 6.45) is 3.69. The van der Waals surface area contributed by atoms with Crippen LogP contribution in [0.5, 0.6) is 0 Å². The predicted octanol–water partition coefficient (Wildman–Crippen LogP) is 1.75. The molecule has 23 heavy (non-hydrogen) atoms. The Bertz CT molecular complexity index is 850. The third-order valence-corrected chi connectivity index (χ3v) is 3.30. The lowest BCUT2D eigenvalue weighted by atomic mass is 10.2. The van der Waals surface area contributed by atoms with Crippen LogP contribution in [0.4, 0.5) is 11.5 Å². The molecule has 1 aromatic carbocycles. The van der Waals surface area contributed by atoms with Gasteiger partial charge in [0.1, 0.15) is 6.54 Å². The Kier molecular flexibility index (Phi) is 4.05. The molecule has 0 aliphatic heterocycles. The molecule has 0 atom stereocenters. The van der Waals surface area contributed by atoms with Crippen molar-refractivity contribution in [2.24, 2.45) is 0 Å². The van der Waals surface area contributed by atoms with E-state index in [1.807, 2.05) is 30.5 Å². The van der Waals surface area contributed by atoms with E-state index in [0.717, 1.165) is 16.6 Å². The zero-order valence-electron chi connectivity index (χ0n) is 12.5. The average Bonchev–Trinajstić information content (AvgIpc) is 3.17. The van der Waals surface area contributed by atoms with Crippen LogP contribution in [0.2, 0.25) is 0 Å². The van der Waals surface area contributed by atoms with Crippen LogP contribution in [0.15, 0.2) is 36.7 Å². The number of anilines is 2. The number of nitrogens with one attached hydrogen (secondary N) is 3. The number of rotatable bonds is 5. The first-order chi connectivity index (χ1) is 11.2. The minimum absolute atomic E-state index is 0.00973. The lowest BCUT2D eigenvalue weighted by Crippen LogP contribution is -2.19. The van der Waals surface area contributed by atoms with Gasteiger partial charge in [-0.3, -0.25) is 9.59 Å². The number of H-pyrrole nitrogens is 1. The molecular formula is C15H16N6O2. The molecule has 2 amide bonds. The minimum Gasteiger partial charge on any atom is -0.361 e. The highest BCUT2D eigenvalue weighted by Crippen LogP contribution is 2.22. The van der Waals surface area contributed by atoms with Crippen molar-refractivity contribution in [2.45, 2.75) is 19.9 Å². The standard InChI is InChI=1S/C15H16N6O2/c1-2-14(22)18-13-8-21(20-19-13)9-15(23)17-12-5-3-4-11-10(12)6-7-16-11/h3-8,16H,2,9H2,1H3,(H,17,23)(H,18,22). The molecule has 3 aromatic rings. The largest absolute Gasteiger partial charge is 0.361 e. The van der Waals surface area contributed by atoms with Crippen LogP contribution in [0.25, 0.3) is 10.9 Å². The first-order valence-electron chi connectivity index (χ1n) is 7.21. The summed E-state index contributed by atoms with van der Waals surface area (Å²) in [4.78, 5) is 26.5. The Hall–Kier alpha value is -3.16. The van der Waals surface area contributed by atoms with Gasteiger partial charge in [-0.1, -0.05) is 18.2 Å². The first-order valence-corrected chi connectivity index (χ1v) is 7.21. The van der Waals surface area contributed by atoms with Crippen LogP contribution < -0.4 is 10.6 Å². The Morgan fingerprint density at radius 3 is 2.91 bits per heavy atom. The fraction of sp³-hybridized carbons (Fsp3) is 0.200. The number of hydrogen-bond donors (Lipinski definition) is 3. The molecule has 0 bridgehead atoms. The van der Waals surface area contributed by atoms with Crippen molar-refractivity contribution in [3.8, 4) is 0 Å². The summed E-state index contributed by atoms with van der Waals surface area (Å²) in [5.41, 5.74) is 1.68. The van der Waals surface area contributed by atoms with Gasteiger partial charge in [0.05, 0.1) is 11.9 Å². The van der Waals surface area contributed by atoms with Crippen molar-refractivity contribution in [1.29, 1.82) is 0 Å². The van der Waals surface area contributed by atoms with Crippen LogP contribution in [0.3, 0.4) is 0 Å². The van der Waals surface area contributed by atoms with Gasteiger partial charge in [0, 0.05) is 23.5 Å². The molecule has 2 aromatic heterocycles. The van der Waals surface area contributed by atoms with E-state index in [1.54, 1.807) is 6.92 Å². The third kappa shape index (κ3) is 3.37. The van der Waals surface area contributed by atoms with E-state index < -0.39 is 0 Å². The smallest absolute Gasteiger partial charge is 0.246 e. The number of nitrogens with zero attached hydrogens (tertiary/aromatic N) is 3. The molecule has 0 aliphatic carbocycles. The van der Waals surface area contributed by atoms with Gasteiger partial charge >= 0.3 is 0 Å². The maximum absolute atomic E-state index is 12.1. The number of carbonyl (C=O) groups is 2. The lowest BCUT2D eigenvalue weighted by molar-refractivity contribution is -0.117. The lowest BCUT2D eigenvalue weighted by Gasteiger charge is -2.06. The number of hydrogen-bond acceptors (Lipinski definition) is 4. The predicted molar refractivity (Wildman–Crippen MR) is 85.9 cm³/mol. The van der Waals surface area contributed by atoms with E-state index >= 15 is 0 Å². The first kappa shape index (κ1) is 14.8. The van der Waals surface area contributed by atoms with Crippen LogP contribution in [0, 0.1) is 0 Å². The molecule has 2 heterocycles. The number of aromatic nitrogens is 4. The molecule has 8 heteroatoms. The Labute approximate surface area is 131 Å². The van der Waals surface area contributed by atoms with E-state index in [2.05, 4.69) is 25.9 Å².